The van der Waals surface area contributed by atoms with Gasteiger partial charge in [-0.1, -0.05) is 23.2 Å². The van der Waals surface area contributed by atoms with Crippen LogP contribution in [0.3, 0.4) is 0 Å². The number of rotatable bonds is 6. The van der Waals surface area contributed by atoms with Crippen LogP contribution in [0.15, 0.2) is 17.0 Å². The van der Waals surface area contributed by atoms with Gasteiger partial charge in [0.25, 0.3) is 5.91 Å². The third-order valence-electron chi connectivity index (χ3n) is 3.38. The third kappa shape index (κ3) is 5.24. The number of nitrogens with one attached hydrogen (secondary N) is 2. The second-order valence-corrected chi connectivity index (χ2v) is 8.82. The van der Waals surface area contributed by atoms with E-state index in [1.54, 1.807) is 5.32 Å². The fourth-order valence-electron chi connectivity index (χ4n) is 1.66. The second kappa shape index (κ2) is 7.72. The Balaban J connectivity index is 3.26. The molecule has 0 aliphatic carbocycles. The van der Waals surface area contributed by atoms with Crippen LogP contribution in [0.5, 0.6) is 0 Å². The normalized spacial score (nSPS) is 15.3. The minimum atomic E-state index is -5.25. The number of aliphatic hydroxyl groups excluding tert-OH is 1. The molecular formula is C14H17Cl2F3N2O5S. The molecule has 0 heterocycles. The maximum atomic E-state index is 12.7. The van der Waals surface area contributed by atoms with E-state index in [0.717, 1.165) is 12.1 Å². The topological polar surface area (TPSA) is 116 Å². The van der Waals surface area contributed by atoms with Crippen molar-refractivity contribution in [2.45, 2.75) is 43.0 Å². The van der Waals surface area contributed by atoms with Crippen molar-refractivity contribution in [1.29, 1.82) is 0 Å². The number of halogens is 5. The molecule has 0 radical (unpaired) electrons. The summed E-state index contributed by atoms with van der Waals surface area (Å²) in [4.78, 5) is 11.2. The van der Waals surface area contributed by atoms with Gasteiger partial charge in [0, 0.05) is 0 Å². The number of aliphatic hydroxyl groups is 2. The largest absolute Gasteiger partial charge is 0.426 e. The number of hydrogen-bond acceptors (Lipinski definition) is 5. The van der Waals surface area contributed by atoms with E-state index in [2.05, 4.69) is 4.72 Å². The molecule has 4 N–H and O–H groups in total. The Morgan fingerprint density at radius 3 is 2.11 bits per heavy atom. The average molecular weight is 453 g/mol. The predicted octanol–water partition coefficient (Wildman–Crippen LogP) is 2.29. The molecule has 1 atom stereocenters. The smallest absolute Gasteiger partial charge is 0.394 e. The van der Waals surface area contributed by atoms with Gasteiger partial charge in [-0.3, -0.25) is 4.79 Å². The van der Waals surface area contributed by atoms with Gasteiger partial charge in [0.1, 0.15) is 4.90 Å². The first-order valence-electron chi connectivity index (χ1n) is 7.19. The molecule has 0 saturated heterocycles. The molecule has 0 aliphatic heterocycles. The summed E-state index contributed by atoms with van der Waals surface area (Å²) in [6.07, 6.45) is -5.25. The summed E-state index contributed by atoms with van der Waals surface area (Å²) in [5.41, 5.74) is -5.37. The Kier molecular flexibility index (Phi) is 6.84. The molecule has 13 heteroatoms. The molecule has 1 aromatic rings. The Morgan fingerprint density at radius 1 is 1.15 bits per heavy atom. The highest BCUT2D eigenvalue weighted by atomic mass is 35.5. The van der Waals surface area contributed by atoms with Crippen LogP contribution in [-0.4, -0.2) is 48.5 Å². The van der Waals surface area contributed by atoms with Crippen molar-refractivity contribution < 1.29 is 36.6 Å². The van der Waals surface area contributed by atoms with Crippen LogP contribution in [0, 0.1) is 0 Å². The molecule has 0 fully saturated rings. The van der Waals surface area contributed by atoms with Crippen molar-refractivity contribution in [3.05, 3.63) is 22.2 Å². The zero-order valence-corrected chi connectivity index (χ0v) is 16.6. The van der Waals surface area contributed by atoms with Crippen molar-refractivity contribution >= 4 is 44.8 Å². The third-order valence-corrected chi connectivity index (χ3v) is 6.12. The van der Waals surface area contributed by atoms with Crippen molar-refractivity contribution in [2.75, 3.05) is 11.9 Å². The lowest BCUT2D eigenvalue weighted by Crippen LogP contribution is -2.52. The molecule has 0 bridgehead atoms. The minimum absolute atomic E-state index is 0.248. The standard InChI is InChI=1S/C14H17Cl2F3N2O5S/c1-12(2,6-22)21-27(25,26)8-5-4-7(9(15)10(8)16)20-11(23)13(3,24)14(17,18)19/h4-5,21-22,24H,6H2,1-3H3,(H,20,23). The maximum absolute atomic E-state index is 12.7. The van der Waals surface area contributed by atoms with Gasteiger partial charge in [-0.25, -0.2) is 13.1 Å². The molecule has 1 amide bonds. The van der Waals surface area contributed by atoms with Gasteiger partial charge in [0.05, 0.1) is 27.9 Å². The quantitative estimate of drug-likeness (QED) is 0.528. The predicted molar refractivity (Wildman–Crippen MR) is 93.3 cm³/mol. The van der Waals surface area contributed by atoms with Gasteiger partial charge in [0.2, 0.25) is 15.6 Å². The van der Waals surface area contributed by atoms with E-state index >= 15 is 0 Å². The number of amides is 1. The first-order chi connectivity index (χ1) is 12.0. The lowest BCUT2D eigenvalue weighted by Gasteiger charge is -2.25. The van der Waals surface area contributed by atoms with Crippen LogP contribution >= 0.6 is 23.2 Å². The number of alkyl halides is 3. The number of benzene rings is 1. The molecule has 1 unspecified atom stereocenters. The summed E-state index contributed by atoms with van der Waals surface area (Å²) in [7, 11) is -4.25. The highest BCUT2D eigenvalue weighted by Crippen LogP contribution is 2.37. The molecule has 0 saturated carbocycles. The van der Waals surface area contributed by atoms with E-state index in [4.69, 9.17) is 28.3 Å². The van der Waals surface area contributed by atoms with Crippen molar-refractivity contribution in [3.63, 3.8) is 0 Å². The fraction of sp³-hybridized carbons (Fsp3) is 0.500. The number of hydrogen-bond donors (Lipinski definition) is 4. The SMILES string of the molecule is CC(C)(CO)NS(=O)(=O)c1ccc(NC(=O)C(C)(O)C(F)(F)F)c(Cl)c1Cl. The van der Waals surface area contributed by atoms with E-state index in [0.29, 0.717) is 0 Å². The molecule has 0 aromatic heterocycles. The summed E-state index contributed by atoms with van der Waals surface area (Å²) in [5, 5.41) is 19.1. The van der Waals surface area contributed by atoms with Gasteiger partial charge in [-0.05, 0) is 32.9 Å². The molecular weight excluding hydrogens is 436 g/mol. The van der Waals surface area contributed by atoms with Crippen molar-refractivity contribution in [2.24, 2.45) is 0 Å². The lowest BCUT2D eigenvalue weighted by molar-refractivity contribution is -0.242. The van der Waals surface area contributed by atoms with Crippen LogP contribution in [0.2, 0.25) is 10.0 Å². The number of sulfonamides is 1. The van der Waals surface area contributed by atoms with Gasteiger partial charge < -0.3 is 15.5 Å². The Morgan fingerprint density at radius 2 is 1.67 bits per heavy atom. The van der Waals surface area contributed by atoms with Crippen LogP contribution in [-0.2, 0) is 14.8 Å². The van der Waals surface area contributed by atoms with Crippen LogP contribution in [0.4, 0.5) is 18.9 Å². The molecule has 154 valence electrons. The Labute approximate surface area is 163 Å². The summed E-state index contributed by atoms with van der Waals surface area (Å²) >= 11 is 11.8. The lowest BCUT2D eigenvalue weighted by atomic mass is 10.1. The van der Waals surface area contributed by atoms with Gasteiger partial charge >= 0.3 is 6.18 Å². The summed E-state index contributed by atoms with van der Waals surface area (Å²) < 4.78 is 65.0. The van der Waals surface area contributed by atoms with Gasteiger partial charge in [0.15, 0.2) is 0 Å². The number of carbonyl (C=O) groups is 1. The highest BCUT2D eigenvalue weighted by Gasteiger charge is 2.55. The summed E-state index contributed by atoms with van der Waals surface area (Å²) in [5.74, 6) is -1.83. The fourth-order valence-corrected chi connectivity index (χ4v) is 3.88. The van der Waals surface area contributed by atoms with E-state index in [-0.39, 0.29) is 6.92 Å². The van der Waals surface area contributed by atoms with Crippen molar-refractivity contribution in [3.8, 4) is 0 Å². The average Bonchev–Trinajstić information content (AvgIpc) is 2.49. The van der Waals surface area contributed by atoms with Crippen molar-refractivity contribution in [1.82, 2.24) is 4.72 Å². The molecule has 0 spiro atoms. The monoisotopic (exact) mass is 452 g/mol. The summed E-state index contributed by atoms with van der Waals surface area (Å²) in [6.45, 7) is 2.51. The highest BCUT2D eigenvalue weighted by molar-refractivity contribution is 7.89. The van der Waals surface area contributed by atoms with Gasteiger partial charge in [-0.15, -0.1) is 0 Å². The minimum Gasteiger partial charge on any atom is -0.394 e. The van der Waals surface area contributed by atoms with E-state index in [1.807, 2.05) is 0 Å². The molecule has 7 nitrogen and oxygen atoms in total. The first-order valence-corrected chi connectivity index (χ1v) is 9.43. The number of anilines is 1. The maximum Gasteiger partial charge on any atom is 0.426 e. The van der Waals surface area contributed by atoms with E-state index in [1.165, 1.54) is 13.8 Å². The molecule has 1 rings (SSSR count). The Bertz CT molecular complexity index is 842. The molecule has 1 aromatic carbocycles. The molecule has 0 aliphatic rings. The number of carbonyl (C=O) groups excluding carboxylic acids is 1. The zero-order valence-electron chi connectivity index (χ0n) is 14.3. The van der Waals surface area contributed by atoms with Crippen LogP contribution < -0.4 is 10.0 Å². The summed E-state index contributed by atoms with van der Waals surface area (Å²) in [6, 6.07) is 1.82. The van der Waals surface area contributed by atoms with E-state index < -0.39 is 60.5 Å². The van der Waals surface area contributed by atoms with Gasteiger partial charge in [-0.2, -0.15) is 13.2 Å². The second-order valence-electron chi connectivity index (χ2n) is 6.41. The Hall–Kier alpha value is -1.11. The molecule has 27 heavy (non-hydrogen) atoms. The van der Waals surface area contributed by atoms with Crippen LogP contribution in [0.25, 0.3) is 0 Å². The zero-order chi connectivity index (χ0) is 21.4. The van der Waals surface area contributed by atoms with E-state index in [9.17, 15) is 31.5 Å². The first kappa shape index (κ1) is 23.9. The van der Waals surface area contributed by atoms with Crippen LogP contribution in [0.1, 0.15) is 20.8 Å².